The van der Waals surface area contributed by atoms with E-state index < -0.39 is 21.1 Å². The van der Waals surface area contributed by atoms with Crippen LogP contribution in [0.15, 0.2) is 59.5 Å². The summed E-state index contributed by atoms with van der Waals surface area (Å²) in [4.78, 5) is 12.4. The average molecular weight is 393 g/mol. The number of hydrogen-bond acceptors (Lipinski definition) is 4. The molecular weight excluding hydrogens is 372 g/mol. The molecule has 2 aromatic carbocycles. The SMILES string of the molecule is CCOC(=O)C(C/C=C/c1ccc(Cl)cc1)S(=O)(=O)c1ccc(C)cc1. The standard InChI is InChI=1S/C20H21ClO4S/c1-3-25-20(22)19(6-4-5-16-9-11-17(21)12-10-16)26(23,24)18-13-7-15(2)8-14-18/h4-5,7-14,19H,3,6H2,1-2H3/b5-4+. The van der Waals surface area contributed by atoms with Gasteiger partial charge in [-0.25, -0.2) is 8.42 Å². The summed E-state index contributed by atoms with van der Waals surface area (Å²) in [6, 6.07) is 13.6. The van der Waals surface area contributed by atoms with Gasteiger partial charge in [0.05, 0.1) is 11.5 Å². The molecule has 2 aromatic rings. The zero-order valence-electron chi connectivity index (χ0n) is 14.7. The van der Waals surface area contributed by atoms with Crippen molar-refractivity contribution < 1.29 is 17.9 Å². The maximum absolute atomic E-state index is 12.9. The Kier molecular flexibility index (Phi) is 7.00. The summed E-state index contributed by atoms with van der Waals surface area (Å²) in [5, 5.41) is -0.665. The zero-order valence-corrected chi connectivity index (χ0v) is 16.3. The van der Waals surface area contributed by atoms with Crippen LogP contribution in [-0.2, 0) is 19.4 Å². The summed E-state index contributed by atoms with van der Waals surface area (Å²) in [6.45, 7) is 3.64. The van der Waals surface area contributed by atoms with E-state index in [2.05, 4.69) is 0 Å². The summed E-state index contributed by atoms with van der Waals surface area (Å²) in [5.74, 6) is -0.742. The smallest absolute Gasteiger partial charge is 0.325 e. The maximum atomic E-state index is 12.9. The molecule has 4 nitrogen and oxygen atoms in total. The molecule has 0 fully saturated rings. The van der Waals surface area contributed by atoms with Gasteiger partial charge in [-0.2, -0.15) is 0 Å². The Morgan fingerprint density at radius 1 is 1.12 bits per heavy atom. The lowest BCUT2D eigenvalue weighted by molar-refractivity contribution is -0.142. The van der Waals surface area contributed by atoms with E-state index in [4.69, 9.17) is 16.3 Å². The first-order chi connectivity index (χ1) is 12.3. The van der Waals surface area contributed by atoms with Gasteiger partial charge in [0.25, 0.3) is 0 Å². The number of hydrogen-bond donors (Lipinski definition) is 0. The Hall–Kier alpha value is -2.11. The highest BCUT2D eigenvalue weighted by Crippen LogP contribution is 2.21. The van der Waals surface area contributed by atoms with Crippen LogP contribution in [0.5, 0.6) is 0 Å². The highest BCUT2D eigenvalue weighted by atomic mass is 35.5. The van der Waals surface area contributed by atoms with Crippen molar-refractivity contribution in [1.82, 2.24) is 0 Å². The third kappa shape index (κ3) is 5.19. The molecule has 0 aliphatic rings. The van der Waals surface area contributed by atoms with Crippen molar-refractivity contribution in [3.8, 4) is 0 Å². The molecule has 0 amide bonds. The normalized spacial score (nSPS) is 12.9. The molecule has 0 radical (unpaired) electrons. The molecule has 138 valence electrons. The first-order valence-corrected chi connectivity index (χ1v) is 10.2. The molecule has 0 spiro atoms. The number of esters is 1. The van der Waals surface area contributed by atoms with E-state index in [9.17, 15) is 13.2 Å². The number of ether oxygens (including phenoxy) is 1. The molecule has 0 saturated heterocycles. The Balaban J connectivity index is 2.26. The van der Waals surface area contributed by atoms with Crippen molar-refractivity contribution in [2.24, 2.45) is 0 Å². The quantitative estimate of drug-likeness (QED) is 0.653. The lowest BCUT2D eigenvalue weighted by Crippen LogP contribution is -2.31. The second-order valence-corrected chi connectivity index (χ2v) is 8.36. The fraction of sp³-hybridized carbons (Fsp3) is 0.250. The van der Waals surface area contributed by atoms with Crippen molar-refractivity contribution in [3.05, 3.63) is 70.8 Å². The highest BCUT2D eigenvalue weighted by molar-refractivity contribution is 7.92. The number of allylic oxidation sites excluding steroid dienone is 1. The van der Waals surface area contributed by atoms with Crippen molar-refractivity contribution in [2.45, 2.75) is 30.4 Å². The first-order valence-electron chi connectivity index (χ1n) is 8.24. The minimum atomic E-state index is -3.85. The Bertz CT molecular complexity index is 869. The van der Waals surface area contributed by atoms with Crippen LogP contribution in [0.2, 0.25) is 5.02 Å². The largest absolute Gasteiger partial charge is 0.465 e. The Morgan fingerprint density at radius 2 is 1.73 bits per heavy atom. The van der Waals surface area contributed by atoms with E-state index >= 15 is 0 Å². The monoisotopic (exact) mass is 392 g/mol. The van der Waals surface area contributed by atoms with Gasteiger partial charge in [-0.3, -0.25) is 4.79 Å². The first kappa shape index (κ1) is 20.2. The van der Waals surface area contributed by atoms with Crippen LogP contribution in [0, 0.1) is 6.92 Å². The molecule has 6 heteroatoms. The van der Waals surface area contributed by atoms with Crippen molar-refractivity contribution in [1.29, 1.82) is 0 Å². The van der Waals surface area contributed by atoms with Crippen LogP contribution < -0.4 is 0 Å². The van der Waals surface area contributed by atoms with Gasteiger partial charge < -0.3 is 4.74 Å². The third-order valence-electron chi connectivity index (χ3n) is 3.80. The molecule has 0 bridgehead atoms. The number of benzene rings is 2. The number of carbonyl (C=O) groups excluding carboxylic acids is 1. The zero-order chi connectivity index (χ0) is 19.2. The van der Waals surface area contributed by atoms with Crippen molar-refractivity contribution >= 4 is 33.5 Å². The van der Waals surface area contributed by atoms with E-state index in [1.54, 1.807) is 43.3 Å². The van der Waals surface area contributed by atoms with Crippen LogP contribution >= 0.6 is 11.6 Å². The summed E-state index contributed by atoms with van der Waals surface area (Å²) in [7, 11) is -3.85. The molecule has 0 aliphatic heterocycles. The molecule has 0 aromatic heterocycles. The molecule has 0 heterocycles. The molecular formula is C20H21ClO4S. The molecule has 0 saturated carbocycles. The fourth-order valence-corrected chi connectivity index (χ4v) is 4.03. The van der Waals surface area contributed by atoms with E-state index in [0.717, 1.165) is 11.1 Å². The van der Waals surface area contributed by atoms with Gasteiger partial charge in [0.15, 0.2) is 15.1 Å². The number of rotatable bonds is 7. The topological polar surface area (TPSA) is 60.4 Å². The van der Waals surface area contributed by atoms with E-state index in [-0.39, 0.29) is 17.9 Å². The molecule has 2 rings (SSSR count). The summed E-state index contributed by atoms with van der Waals surface area (Å²) in [6.07, 6.45) is 3.45. The van der Waals surface area contributed by atoms with E-state index in [1.807, 2.05) is 19.1 Å². The van der Waals surface area contributed by atoms with Gasteiger partial charge in [-0.1, -0.05) is 53.6 Å². The molecule has 0 aliphatic carbocycles. The van der Waals surface area contributed by atoms with Crippen molar-refractivity contribution in [2.75, 3.05) is 6.61 Å². The summed E-state index contributed by atoms with van der Waals surface area (Å²) >= 11 is 5.85. The van der Waals surface area contributed by atoms with Gasteiger partial charge in [-0.05, 0) is 50.1 Å². The molecule has 1 atom stereocenters. The average Bonchev–Trinajstić information content (AvgIpc) is 2.60. The number of sulfone groups is 1. The molecule has 26 heavy (non-hydrogen) atoms. The van der Waals surface area contributed by atoms with Crippen LogP contribution in [0.3, 0.4) is 0 Å². The second-order valence-electron chi connectivity index (χ2n) is 5.79. The van der Waals surface area contributed by atoms with Gasteiger partial charge in [0, 0.05) is 5.02 Å². The lowest BCUT2D eigenvalue weighted by atomic mass is 10.2. The second kappa shape index (κ2) is 9.01. The maximum Gasteiger partial charge on any atom is 0.325 e. The Labute approximate surface area is 159 Å². The Morgan fingerprint density at radius 3 is 2.31 bits per heavy atom. The van der Waals surface area contributed by atoms with Crippen LogP contribution in [-0.4, -0.2) is 26.2 Å². The molecule has 0 N–H and O–H groups in total. The molecule has 1 unspecified atom stereocenters. The van der Waals surface area contributed by atoms with Gasteiger partial charge >= 0.3 is 5.97 Å². The number of carbonyl (C=O) groups is 1. The van der Waals surface area contributed by atoms with Crippen LogP contribution in [0.25, 0.3) is 6.08 Å². The van der Waals surface area contributed by atoms with Crippen LogP contribution in [0.1, 0.15) is 24.5 Å². The number of aryl methyl sites for hydroxylation is 1. The fourth-order valence-electron chi connectivity index (χ4n) is 2.38. The lowest BCUT2D eigenvalue weighted by Gasteiger charge is -2.15. The van der Waals surface area contributed by atoms with Crippen molar-refractivity contribution in [3.63, 3.8) is 0 Å². The predicted molar refractivity (Wildman–Crippen MR) is 104 cm³/mol. The minimum Gasteiger partial charge on any atom is -0.465 e. The third-order valence-corrected chi connectivity index (χ3v) is 6.12. The van der Waals surface area contributed by atoms with Gasteiger partial charge in [0.1, 0.15) is 0 Å². The number of halogens is 1. The van der Waals surface area contributed by atoms with Gasteiger partial charge in [0.2, 0.25) is 0 Å². The minimum absolute atomic E-state index is 0.0255. The van der Waals surface area contributed by atoms with Gasteiger partial charge in [-0.15, -0.1) is 0 Å². The summed E-state index contributed by atoms with van der Waals surface area (Å²) < 4.78 is 30.8. The van der Waals surface area contributed by atoms with E-state index in [1.165, 1.54) is 12.1 Å². The highest BCUT2D eigenvalue weighted by Gasteiger charge is 2.34. The van der Waals surface area contributed by atoms with E-state index in [0.29, 0.717) is 5.02 Å². The van der Waals surface area contributed by atoms with Crippen LogP contribution in [0.4, 0.5) is 0 Å². The predicted octanol–water partition coefficient (Wildman–Crippen LogP) is 4.46. The summed E-state index contributed by atoms with van der Waals surface area (Å²) in [5.41, 5.74) is 1.81.